The molecule has 1 heterocycles. The molecule has 0 aromatic heterocycles. The smallest absolute Gasteiger partial charge is 0.269 e. The normalized spacial score (nSPS) is 16.4. The van der Waals surface area contributed by atoms with Crippen molar-refractivity contribution in [2.24, 2.45) is 0 Å². The first kappa shape index (κ1) is 13.7. The maximum Gasteiger partial charge on any atom is 0.269 e. The Kier molecular flexibility index (Phi) is 4.88. The number of hydrogen-bond donors (Lipinski definition) is 0. The molecule has 0 atom stereocenters. The minimum atomic E-state index is -0.339. The topological polar surface area (TPSA) is 46.4 Å². The SMILES string of the molecule is O=[N+]([O-])c1ccc(N2CCCSCC2)c(CBr)c1. The summed E-state index contributed by atoms with van der Waals surface area (Å²) in [5.74, 6) is 2.33. The van der Waals surface area contributed by atoms with Crippen LogP contribution in [0, 0.1) is 10.1 Å². The lowest BCUT2D eigenvalue weighted by Crippen LogP contribution is -2.26. The summed E-state index contributed by atoms with van der Waals surface area (Å²) in [5, 5.41) is 11.4. The molecule has 0 bridgehead atoms. The highest BCUT2D eigenvalue weighted by Crippen LogP contribution is 2.28. The van der Waals surface area contributed by atoms with Gasteiger partial charge in [-0.2, -0.15) is 11.8 Å². The predicted molar refractivity (Wildman–Crippen MR) is 79.9 cm³/mol. The van der Waals surface area contributed by atoms with Gasteiger partial charge in [-0.25, -0.2) is 0 Å². The summed E-state index contributed by atoms with van der Waals surface area (Å²) < 4.78 is 0. The van der Waals surface area contributed by atoms with Crippen molar-refractivity contribution in [3.05, 3.63) is 33.9 Å². The molecule has 4 nitrogen and oxygen atoms in total. The van der Waals surface area contributed by atoms with E-state index in [1.54, 1.807) is 12.1 Å². The van der Waals surface area contributed by atoms with E-state index in [9.17, 15) is 10.1 Å². The van der Waals surface area contributed by atoms with Crippen molar-refractivity contribution in [3.63, 3.8) is 0 Å². The molecule has 0 saturated carbocycles. The molecule has 98 valence electrons. The summed E-state index contributed by atoms with van der Waals surface area (Å²) in [6, 6.07) is 5.15. The third-order valence-corrected chi connectivity index (χ3v) is 4.63. The largest absolute Gasteiger partial charge is 0.370 e. The fraction of sp³-hybridized carbons (Fsp3) is 0.500. The van der Waals surface area contributed by atoms with Gasteiger partial charge in [-0.3, -0.25) is 10.1 Å². The van der Waals surface area contributed by atoms with Gasteiger partial charge < -0.3 is 4.90 Å². The first-order chi connectivity index (χ1) is 8.72. The summed E-state index contributed by atoms with van der Waals surface area (Å²) in [7, 11) is 0. The molecule has 1 saturated heterocycles. The number of anilines is 1. The van der Waals surface area contributed by atoms with E-state index in [-0.39, 0.29) is 10.6 Å². The van der Waals surface area contributed by atoms with Gasteiger partial charge in [0.15, 0.2) is 0 Å². The standard InChI is InChI=1S/C12H15BrN2O2S/c13-9-10-8-11(15(16)17)2-3-12(10)14-4-1-6-18-7-5-14/h2-3,8H,1,4-7,9H2. The van der Waals surface area contributed by atoms with Crippen LogP contribution in [0.4, 0.5) is 11.4 Å². The number of nitro groups is 1. The van der Waals surface area contributed by atoms with Crippen molar-refractivity contribution in [2.75, 3.05) is 29.5 Å². The third-order valence-electron chi connectivity index (χ3n) is 2.98. The van der Waals surface area contributed by atoms with E-state index in [1.165, 1.54) is 12.2 Å². The maximum atomic E-state index is 10.8. The molecule has 0 unspecified atom stereocenters. The van der Waals surface area contributed by atoms with E-state index < -0.39 is 0 Å². The molecule has 1 aliphatic heterocycles. The molecule has 0 spiro atoms. The monoisotopic (exact) mass is 330 g/mol. The Bertz CT molecular complexity index is 434. The van der Waals surface area contributed by atoms with Crippen LogP contribution >= 0.6 is 27.7 Å². The van der Waals surface area contributed by atoms with Crippen LogP contribution in [-0.4, -0.2) is 29.5 Å². The average Bonchev–Trinajstić information content (AvgIpc) is 2.66. The Morgan fingerprint density at radius 2 is 2.22 bits per heavy atom. The van der Waals surface area contributed by atoms with Crippen LogP contribution in [-0.2, 0) is 5.33 Å². The lowest BCUT2D eigenvalue weighted by atomic mass is 10.1. The summed E-state index contributed by atoms with van der Waals surface area (Å²) in [6.45, 7) is 2.05. The van der Waals surface area contributed by atoms with Crippen molar-refractivity contribution >= 4 is 39.1 Å². The number of rotatable bonds is 3. The number of halogens is 1. The predicted octanol–water partition coefficient (Wildman–Crippen LogP) is 3.43. The molecule has 6 heteroatoms. The van der Waals surface area contributed by atoms with Crippen molar-refractivity contribution < 1.29 is 4.92 Å². The number of thioether (sulfide) groups is 1. The van der Waals surface area contributed by atoms with Gasteiger partial charge in [-0.15, -0.1) is 0 Å². The fourth-order valence-corrected chi connectivity index (χ4v) is 3.42. The van der Waals surface area contributed by atoms with Gasteiger partial charge in [-0.05, 0) is 23.8 Å². The van der Waals surface area contributed by atoms with Gasteiger partial charge in [0, 0.05) is 42.0 Å². The number of hydrogen-bond acceptors (Lipinski definition) is 4. The number of alkyl halides is 1. The van der Waals surface area contributed by atoms with Gasteiger partial charge in [0.2, 0.25) is 0 Å². The van der Waals surface area contributed by atoms with E-state index in [0.717, 1.165) is 30.1 Å². The average molecular weight is 331 g/mol. The Hall–Kier alpha value is -0.750. The van der Waals surface area contributed by atoms with Crippen LogP contribution in [0.3, 0.4) is 0 Å². The number of benzene rings is 1. The molecule has 0 amide bonds. The van der Waals surface area contributed by atoms with E-state index in [1.807, 2.05) is 17.8 Å². The van der Waals surface area contributed by atoms with E-state index in [0.29, 0.717) is 5.33 Å². The minimum Gasteiger partial charge on any atom is -0.370 e. The lowest BCUT2D eigenvalue weighted by molar-refractivity contribution is -0.384. The summed E-state index contributed by atoms with van der Waals surface area (Å²) in [5.41, 5.74) is 2.29. The minimum absolute atomic E-state index is 0.164. The van der Waals surface area contributed by atoms with Gasteiger partial charge in [0.1, 0.15) is 0 Å². The molecule has 2 rings (SSSR count). The number of non-ortho nitro benzene ring substituents is 1. The summed E-state index contributed by atoms with van der Waals surface area (Å²) in [6.07, 6.45) is 1.17. The Labute approximate surface area is 119 Å². The van der Waals surface area contributed by atoms with Crippen LogP contribution in [0.15, 0.2) is 18.2 Å². The fourth-order valence-electron chi connectivity index (χ4n) is 2.09. The van der Waals surface area contributed by atoms with Crippen molar-refractivity contribution in [3.8, 4) is 0 Å². The second-order valence-electron chi connectivity index (χ2n) is 4.16. The van der Waals surface area contributed by atoms with Crippen LogP contribution in [0.5, 0.6) is 0 Å². The molecular formula is C12H15BrN2O2S. The zero-order valence-corrected chi connectivity index (χ0v) is 12.4. The first-order valence-electron chi connectivity index (χ1n) is 5.88. The molecule has 0 N–H and O–H groups in total. The van der Waals surface area contributed by atoms with Crippen LogP contribution in [0.2, 0.25) is 0 Å². The Morgan fingerprint density at radius 3 is 2.94 bits per heavy atom. The number of nitrogens with zero attached hydrogens (tertiary/aromatic N) is 2. The molecule has 0 radical (unpaired) electrons. The van der Waals surface area contributed by atoms with Gasteiger partial charge in [0.05, 0.1) is 4.92 Å². The zero-order valence-electron chi connectivity index (χ0n) is 9.97. The summed E-state index contributed by atoms with van der Waals surface area (Å²) >= 11 is 5.40. The van der Waals surface area contributed by atoms with Crippen LogP contribution < -0.4 is 4.90 Å². The molecule has 1 fully saturated rings. The highest BCUT2D eigenvalue weighted by molar-refractivity contribution is 9.08. The van der Waals surface area contributed by atoms with Crippen LogP contribution in [0.25, 0.3) is 0 Å². The highest BCUT2D eigenvalue weighted by Gasteiger charge is 2.16. The first-order valence-corrected chi connectivity index (χ1v) is 8.16. The third kappa shape index (κ3) is 3.17. The molecule has 18 heavy (non-hydrogen) atoms. The Morgan fingerprint density at radius 1 is 1.39 bits per heavy atom. The number of nitro benzene ring substituents is 1. The van der Waals surface area contributed by atoms with E-state index >= 15 is 0 Å². The van der Waals surface area contributed by atoms with E-state index in [2.05, 4.69) is 20.8 Å². The van der Waals surface area contributed by atoms with Crippen molar-refractivity contribution in [2.45, 2.75) is 11.8 Å². The van der Waals surface area contributed by atoms with Gasteiger partial charge >= 0.3 is 0 Å². The van der Waals surface area contributed by atoms with Gasteiger partial charge in [-0.1, -0.05) is 15.9 Å². The second-order valence-corrected chi connectivity index (χ2v) is 5.94. The molecule has 1 aromatic rings. The van der Waals surface area contributed by atoms with Crippen molar-refractivity contribution in [1.82, 2.24) is 0 Å². The lowest BCUT2D eigenvalue weighted by Gasteiger charge is -2.24. The summed E-state index contributed by atoms with van der Waals surface area (Å²) in [4.78, 5) is 12.8. The van der Waals surface area contributed by atoms with Crippen LogP contribution in [0.1, 0.15) is 12.0 Å². The molecule has 1 aromatic carbocycles. The van der Waals surface area contributed by atoms with E-state index in [4.69, 9.17) is 0 Å². The second kappa shape index (κ2) is 6.43. The molecule has 0 aliphatic carbocycles. The Balaban J connectivity index is 2.28. The zero-order chi connectivity index (χ0) is 13.0. The molecular weight excluding hydrogens is 316 g/mol. The molecule has 1 aliphatic rings. The van der Waals surface area contributed by atoms with Gasteiger partial charge in [0.25, 0.3) is 5.69 Å². The maximum absolute atomic E-state index is 10.8. The van der Waals surface area contributed by atoms with Crippen molar-refractivity contribution in [1.29, 1.82) is 0 Å². The quantitative estimate of drug-likeness (QED) is 0.484. The highest BCUT2D eigenvalue weighted by atomic mass is 79.9.